The van der Waals surface area contributed by atoms with Gasteiger partial charge >= 0.3 is 0 Å². The highest BCUT2D eigenvalue weighted by Crippen LogP contribution is 2.39. The van der Waals surface area contributed by atoms with Crippen LogP contribution in [0.5, 0.6) is 0 Å². The lowest BCUT2D eigenvalue weighted by molar-refractivity contribution is 0.992. The van der Waals surface area contributed by atoms with Gasteiger partial charge in [0.2, 0.25) is 5.95 Å². The number of fused-ring (bicyclic) bond motifs is 4. The predicted octanol–water partition coefficient (Wildman–Crippen LogP) is 13.5. The van der Waals surface area contributed by atoms with Crippen LogP contribution in [-0.2, 0) is 0 Å². The Morgan fingerprint density at radius 2 is 1.14 bits per heavy atom. The summed E-state index contributed by atoms with van der Waals surface area (Å²) in [5.74, 6) is 0.635. The van der Waals surface area contributed by atoms with E-state index in [2.05, 4.69) is 204 Å². The molecule has 10 rings (SSSR count). The minimum atomic E-state index is 0.635. The Balaban J connectivity index is 1.05. The van der Waals surface area contributed by atoms with Crippen LogP contribution in [0, 0.1) is 0 Å². The number of allylic oxidation sites excluding steroid dienone is 4. The fraction of sp³-hybridized carbons (Fsp3) is 0.0189. The first-order valence-electron chi connectivity index (χ1n) is 19.3. The van der Waals surface area contributed by atoms with Gasteiger partial charge in [-0.05, 0) is 87.5 Å². The molecule has 2 aromatic heterocycles. The third-order valence-electron chi connectivity index (χ3n) is 10.9. The number of hydrogen-bond acceptors (Lipinski definition) is 3. The van der Waals surface area contributed by atoms with E-state index in [0.29, 0.717) is 5.95 Å². The minimum absolute atomic E-state index is 0.635. The molecule has 57 heavy (non-hydrogen) atoms. The fourth-order valence-electron chi connectivity index (χ4n) is 8.07. The molecule has 0 N–H and O–H groups in total. The smallest absolute Gasteiger partial charge is 0.235 e. The van der Waals surface area contributed by atoms with Crippen molar-refractivity contribution in [1.29, 1.82) is 0 Å². The molecule has 0 bridgehead atoms. The van der Waals surface area contributed by atoms with E-state index in [1.165, 1.54) is 11.1 Å². The van der Waals surface area contributed by atoms with Crippen LogP contribution in [0.15, 0.2) is 213 Å². The van der Waals surface area contributed by atoms with Gasteiger partial charge in [-0.15, -0.1) is 0 Å². The second kappa shape index (κ2) is 14.6. The van der Waals surface area contributed by atoms with Crippen LogP contribution in [0.25, 0.3) is 78.0 Å². The molecule has 0 fully saturated rings. The van der Waals surface area contributed by atoms with Crippen LogP contribution >= 0.6 is 0 Å². The lowest BCUT2D eigenvalue weighted by atomic mass is 9.95. The first-order chi connectivity index (χ1) is 28.2. The van der Waals surface area contributed by atoms with Crippen molar-refractivity contribution in [2.75, 3.05) is 11.4 Å². The molecule has 0 aliphatic carbocycles. The van der Waals surface area contributed by atoms with Gasteiger partial charge in [0.15, 0.2) is 0 Å². The molecule has 4 nitrogen and oxygen atoms in total. The maximum atomic E-state index is 5.26. The zero-order valence-electron chi connectivity index (χ0n) is 31.3. The van der Waals surface area contributed by atoms with Gasteiger partial charge in [-0.3, -0.25) is 4.57 Å². The molecule has 1 aliphatic heterocycles. The predicted molar refractivity (Wildman–Crippen MR) is 239 cm³/mol. The summed E-state index contributed by atoms with van der Waals surface area (Å²) in [5, 5.41) is 2.30. The van der Waals surface area contributed by atoms with Crippen molar-refractivity contribution in [3.8, 4) is 50.6 Å². The third-order valence-corrected chi connectivity index (χ3v) is 10.9. The Hall–Kier alpha value is -7.56. The average molecular weight is 731 g/mol. The molecular weight excluding hydrogens is 693 g/mol. The van der Waals surface area contributed by atoms with Gasteiger partial charge < -0.3 is 4.90 Å². The van der Waals surface area contributed by atoms with E-state index in [1.54, 1.807) is 0 Å². The van der Waals surface area contributed by atoms with Gasteiger partial charge in [0.1, 0.15) is 0 Å². The number of benzene rings is 7. The molecule has 0 atom stereocenters. The minimum Gasteiger partial charge on any atom is -0.337 e. The van der Waals surface area contributed by atoms with Crippen LogP contribution < -0.4 is 4.90 Å². The van der Waals surface area contributed by atoms with Crippen LogP contribution in [0.2, 0.25) is 0 Å². The number of nitrogens with zero attached hydrogens (tertiary/aromatic N) is 4. The Morgan fingerprint density at radius 1 is 0.491 bits per heavy atom. The number of hydrogen-bond donors (Lipinski definition) is 0. The van der Waals surface area contributed by atoms with Gasteiger partial charge in [0.25, 0.3) is 0 Å². The topological polar surface area (TPSA) is 34.0 Å². The lowest BCUT2D eigenvalue weighted by Gasteiger charge is -2.27. The Kier molecular flexibility index (Phi) is 8.69. The first-order valence-corrected chi connectivity index (χ1v) is 19.3. The van der Waals surface area contributed by atoms with E-state index < -0.39 is 0 Å². The maximum absolute atomic E-state index is 5.26. The first kappa shape index (κ1) is 34.0. The summed E-state index contributed by atoms with van der Waals surface area (Å²) in [7, 11) is 0. The highest BCUT2D eigenvalue weighted by atomic mass is 15.2. The van der Waals surface area contributed by atoms with Crippen molar-refractivity contribution in [2.45, 2.75) is 0 Å². The van der Waals surface area contributed by atoms with E-state index in [-0.39, 0.29) is 0 Å². The molecule has 0 radical (unpaired) electrons. The van der Waals surface area contributed by atoms with Gasteiger partial charge in [-0.1, -0.05) is 158 Å². The van der Waals surface area contributed by atoms with Crippen molar-refractivity contribution in [3.63, 3.8) is 0 Å². The van der Waals surface area contributed by atoms with E-state index in [4.69, 9.17) is 9.97 Å². The molecule has 9 aromatic rings. The average Bonchev–Trinajstić information content (AvgIpc) is 3.65. The summed E-state index contributed by atoms with van der Waals surface area (Å²) < 4.78 is 2.19. The van der Waals surface area contributed by atoms with Crippen molar-refractivity contribution < 1.29 is 0 Å². The fourth-order valence-corrected chi connectivity index (χ4v) is 8.07. The second-order valence-corrected chi connectivity index (χ2v) is 14.3. The maximum Gasteiger partial charge on any atom is 0.235 e. The molecule has 0 spiro atoms. The van der Waals surface area contributed by atoms with Crippen LogP contribution in [0.4, 0.5) is 11.4 Å². The molecular formula is C53H38N4. The summed E-state index contributed by atoms with van der Waals surface area (Å²) in [6.45, 7) is 5.25. The molecule has 0 amide bonds. The number of rotatable bonds is 6. The SMILES string of the molecule is C=C1/C=C\C=C/CN(c2ccccc2)c2ccc(-c3ccc4c(c3)c3ccccc3n4-c3nccc(-c4ccccc4-c4ccc(-c5ccccc5)cc4)n3)cc21. The van der Waals surface area contributed by atoms with Gasteiger partial charge in [-0.25, -0.2) is 9.97 Å². The zero-order chi connectivity index (χ0) is 38.1. The Labute approximate surface area is 332 Å². The van der Waals surface area contributed by atoms with E-state index in [9.17, 15) is 0 Å². The summed E-state index contributed by atoms with van der Waals surface area (Å²) in [6.07, 6.45) is 10.3. The van der Waals surface area contributed by atoms with E-state index in [1.807, 2.05) is 18.3 Å². The van der Waals surface area contributed by atoms with E-state index >= 15 is 0 Å². The van der Waals surface area contributed by atoms with Crippen molar-refractivity contribution in [2.24, 2.45) is 0 Å². The molecule has 0 saturated heterocycles. The summed E-state index contributed by atoms with van der Waals surface area (Å²) in [4.78, 5) is 12.5. The third kappa shape index (κ3) is 6.33. The van der Waals surface area contributed by atoms with Crippen molar-refractivity contribution in [1.82, 2.24) is 14.5 Å². The highest BCUT2D eigenvalue weighted by molar-refractivity contribution is 6.10. The number of aromatic nitrogens is 3. The van der Waals surface area contributed by atoms with Crippen molar-refractivity contribution in [3.05, 3.63) is 219 Å². The monoisotopic (exact) mass is 730 g/mol. The molecule has 0 unspecified atom stereocenters. The molecule has 0 saturated carbocycles. The Morgan fingerprint density at radius 3 is 1.98 bits per heavy atom. The van der Waals surface area contributed by atoms with Crippen molar-refractivity contribution >= 4 is 38.8 Å². The largest absolute Gasteiger partial charge is 0.337 e. The van der Waals surface area contributed by atoms with Gasteiger partial charge in [0, 0.05) is 46.0 Å². The molecule has 3 heterocycles. The summed E-state index contributed by atoms with van der Waals surface area (Å²) >= 11 is 0. The molecule has 270 valence electrons. The van der Waals surface area contributed by atoms with Crippen LogP contribution in [0.3, 0.4) is 0 Å². The normalized spacial score (nSPS) is 13.8. The number of para-hydroxylation sites is 2. The quantitative estimate of drug-likeness (QED) is 0.171. The highest BCUT2D eigenvalue weighted by Gasteiger charge is 2.19. The summed E-state index contributed by atoms with van der Waals surface area (Å²) in [5.41, 5.74) is 15.3. The molecule has 1 aliphatic rings. The molecule has 7 aromatic carbocycles. The van der Waals surface area contributed by atoms with Gasteiger partial charge in [0.05, 0.1) is 16.7 Å². The Bertz CT molecular complexity index is 2990. The van der Waals surface area contributed by atoms with Crippen LogP contribution in [0.1, 0.15) is 5.56 Å². The van der Waals surface area contributed by atoms with Crippen LogP contribution in [-0.4, -0.2) is 21.1 Å². The summed E-state index contributed by atoms with van der Waals surface area (Å²) in [6, 6.07) is 62.3. The van der Waals surface area contributed by atoms with E-state index in [0.717, 1.165) is 84.4 Å². The molecule has 4 heteroatoms. The zero-order valence-corrected chi connectivity index (χ0v) is 31.3. The van der Waals surface area contributed by atoms with Gasteiger partial charge in [-0.2, -0.15) is 0 Å². The second-order valence-electron chi connectivity index (χ2n) is 14.3. The lowest BCUT2D eigenvalue weighted by Crippen LogP contribution is -2.18. The number of anilines is 2. The standard InChI is InChI=1S/C53H38N4/c1-37-15-5-4-14-34-56(43-18-8-3-9-19-43)50-30-28-41(35-47(37)50)42-29-31-52-48(36-42)46-22-12-13-23-51(46)57(52)53-54-33-32-49(55-53)45-21-11-10-20-44(45)40-26-24-39(25-27-40)38-16-6-2-7-17-38/h2-33,35-36H,1,34H2/b14-4-,15-5-.